The van der Waals surface area contributed by atoms with Gasteiger partial charge in [0, 0.05) is 25.8 Å². The van der Waals surface area contributed by atoms with E-state index in [0.717, 1.165) is 0 Å². The van der Waals surface area contributed by atoms with Gasteiger partial charge in [-0.25, -0.2) is 0 Å². The highest BCUT2D eigenvalue weighted by atomic mass is 32.1. The van der Waals surface area contributed by atoms with Crippen molar-refractivity contribution in [3.05, 3.63) is 35.4 Å². The molecule has 1 unspecified atom stereocenters. The average Bonchev–Trinajstić information content (AvgIpc) is 2.78. The summed E-state index contributed by atoms with van der Waals surface area (Å²) in [4.78, 5) is 25.0. The minimum atomic E-state index is -0.542. The lowest BCUT2D eigenvalue weighted by Gasteiger charge is -2.22. The molecule has 1 heterocycles. The Bertz CT molecular complexity index is 451. The quantitative estimate of drug-likeness (QED) is 0.799. The molecule has 1 N–H and O–H groups in total. The van der Waals surface area contributed by atoms with Crippen molar-refractivity contribution in [2.24, 2.45) is 0 Å². The summed E-state index contributed by atoms with van der Waals surface area (Å²) >= 11 is 4.12. The molecule has 0 aromatic heterocycles. The van der Waals surface area contributed by atoms with Crippen LogP contribution >= 0.6 is 12.6 Å². The van der Waals surface area contributed by atoms with Crippen molar-refractivity contribution in [3.8, 4) is 0 Å². The van der Waals surface area contributed by atoms with Crippen LogP contribution in [-0.4, -0.2) is 28.5 Å². The van der Waals surface area contributed by atoms with Crippen LogP contribution in [0.15, 0.2) is 24.3 Å². The molecule has 96 valence electrons. The summed E-state index contributed by atoms with van der Waals surface area (Å²) in [6.07, 6.45) is 0. The molecule has 18 heavy (non-hydrogen) atoms. The van der Waals surface area contributed by atoms with Crippen molar-refractivity contribution >= 4 is 24.4 Å². The van der Waals surface area contributed by atoms with E-state index in [1.165, 1.54) is 18.1 Å². The zero-order valence-corrected chi connectivity index (χ0v) is 11.1. The number of benzene rings is 1. The first-order valence-corrected chi connectivity index (χ1v) is 6.48. The average molecular weight is 264 g/mol. The maximum atomic E-state index is 12.2. The number of amides is 2. The SMILES string of the molecule is CC(=O)NC(CS)C(=O)N1Cc2ccccc2C1. The van der Waals surface area contributed by atoms with Crippen LogP contribution in [0.3, 0.4) is 0 Å². The van der Waals surface area contributed by atoms with Gasteiger partial charge in [-0.2, -0.15) is 12.6 Å². The Morgan fingerprint density at radius 2 is 1.89 bits per heavy atom. The van der Waals surface area contributed by atoms with Gasteiger partial charge < -0.3 is 10.2 Å². The Kier molecular flexibility index (Phi) is 3.91. The molecule has 0 bridgehead atoms. The molecule has 0 spiro atoms. The number of rotatable bonds is 3. The lowest BCUT2D eigenvalue weighted by atomic mass is 10.1. The number of hydrogen-bond acceptors (Lipinski definition) is 3. The molecule has 5 heteroatoms. The van der Waals surface area contributed by atoms with Crippen molar-refractivity contribution in [1.82, 2.24) is 10.2 Å². The molecule has 0 saturated heterocycles. The third-order valence-electron chi connectivity index (χ3n) is 3.01. The van der Waals surface area contributed by atoms with Crippen molar-refractivity contribution in [3.63, 3.8) is 0 Å². The van der Waals surface area contributed by atoms with Crippen LogP contribution in [0.2, 0.25) is 0 Å². The van der Waals surface area contributed by atoms with Crippen molar-refractivity contribution in [1.29, 1.82) is 0 Å². The van der Waals surface area contributed by atoms with Gasteiger partial charge in [-0.3, -0.25) is 9.59 Å². The maximum Gasteiger partial charge on any atom is 0.246 e. The molecular formula is C13H16N2O2S. The molecule has 1 atom stereocenters. The molecule has 0 aliphatic carbocycles. The van der Waals surface area contributed by atoms with Gasteiger partial charge in [0.1, 0.15) is 6.04 Å². The normalized spacial score (nSPS) is 15.1. The summed E-state index contributed by atoms with van der Waals surface area (Å²) in [7, 11) is 0. The largest absolute Gasteiger partial charge is 0.344 e. The van der Waals surface area contributed by atoms with Gasteiger partial charge in [-0.1, -0.05) is 24.3 Å². The highest BCUT2D eigenvalue weighted by molar-refractivity contribution is 7.80. The fourth-order valence-corrected chi connectivity index (χ4v) is 2.39. The van der Waals surface area contributed by atoms with Crippen LogP contribution in [0.5, 0.6) is 0 Å². The van der Waals surface area contributed by atoms with E-state index in [4.69, 9.17) is 0 Å². The summed E-state index contributed by atoms with van der Waals surface area (Å²) in [5, 5.41) is 2.63. The van der Waals surface area contributed by atoms with E-state index < -0.39 is 6.04 Å². The van der Waals surface area contributed by atoms with Gasteiger partial charge in [-0.05, 0) is 11.1 Å². The van der Waals surface area contributed by atoms with Gasteiger partial charge in [0.05, 0.1) is 0 Å². The second-order valence-electron chi connectivity index (χ2n) is 4.40. The first kappa shape index (κ1) is 13.0. The number of nitrogens with one attached hydrogen (secondary N) is 1. The van der Waals surface area contributed by atoms with E-state index in [-0.39, 0.29) is 11.8 Å². The van der Waals surface area contributed by atoms with Crippen molar-refractivity contribution in [2.45, 2.75) is 26.1 Å². The third-order valence-corrected chi connectivity index (χ3v) is 3.38. The van der Waals surface area contributed by atoms with Gasteiger partial charge in [0.2, 0.25) is 11.8 Å². The van der Waals surface area contributed by atoms with Crippen LogP contribution < -0.4 is 5.32 Å². The third kappa shape index (κ3) is 2.67. The minimum Gasteiger partial charge on any atom is -0.344 e. The van der Waals surface area contributed by atoms with Gasteiger partial charge in [-0.15, -0.1) is 0 Å². The topological polar surface area (TPSA) is 49.4 Å². The molecular weight excluding hydrogens is 248 g/mol. The number of fused-ring (bicyclic) bond motifs is 1. The lowest BCUT2D eigenvalue weighted by molar-refractivity contribution is -0.135. The van der Waals surface area contributed by atoms with Crippen molar-refractivity contribution < 1.29 is 9.59 Å². The van der Waals surface area contributed by atoms with Crippen molar-refractivity contribution in [2.75, 3.05) is 5.75 Å². The lowest BCUT2D eigenvalue weighted by Crippen LogP contribution is -2.47. The number of nitrogens with zero attached hydrogens (tertiary/aromatic N) is 1. The smallest absolute Gasteiger partial charge is 0.246 e. The molecule has 2 amide bonds. The predicted octanol–water partition coefficient (Wildman–Crippen LogP) is 0.963. The molecule has 1 aliphatic heterocycles. The van der Waals surface area contributed by atoms with E-state index in [1.807, 2.05) is 24.3 Å². The summed E-state index contributed by atoms with van der Waals surface area (Å²) in [6, 6.07) is 7.45. The Labute approximate surface area is 112 Å². The molecule has 1 aliphatic rings. The van der Waals surface area contributed by atoms with E-state index in [0.29, 0.717) is 18.8 Å². The number of thiol groups is 1. The van der Waals surface area contributed by atoms with Gasteiger partial charge in [0.15, 0.2) is 0 Å². The fourth-order valence-electron chi connectivity index (χ4n) is 2.14. The molecule has 4 nitrogen and oxygen atoms in total. The summed E-state index contributed by atoms with van der Waals surface area (Å²) in [5.74, 6) is 0.0288. The Morgan fingerprint density at radius 1 is 1.33 bits per heavy atom. The molecule has 0 saturated carbocycles. The summed E-state index contributed by atoms with van der Waals surface area (Å²) in [5.41, 5.74) is 2.35. The molecule has 0 fully saturated rings. The van der Waals surface area contributed by atoms with Crippen LogP contribution in [0, 0.1) is 0 Å². The second kappa shape index (κ2) is 5.44. The standard InChI is InChI=1S/C13H16N2O2S/c1-9(16)14-12(8-18)13(17)15-6-10-4-2-3-5-11(10)7-15/h2-5,12,18H,6-8H2,1H3,(H,14,16). The zero-order chi connectivity index (χ0) is 13.1. The van der Waals surface area contributed by atoms with E-state index in [1.54, 1.807) is 4.90 Å². The monoisotopic (exact) mass is 264 g/mol. The molecule has 0 radical (unpaired) electrons. The van der Waals surface area contributed by atoms with Crippen LogP contribution in [0.4, 0.5) is 0 Å². The predicted molar refractivity (Wildman–Crippen MR) is 72.2 cm³/mol. The first-order valence-electron chi connectivity index (χ1n) is 5.85. The summed E-state index contributed by atoms with van der Waals surface area (Å²) < 4.78 is 0. The van der Waals surface area contributed by atoms with Gasteiger partial charge in [0.25, 0.3) is 0 Å². The summed E-state index contributed by atoms with van der Waals surface area (Å²) in [6.45, 7) is 2.63. The minimum absolute atomic E-state index is 0.0728. The highest BCUT2D eigenvalue weighted by Crippen LogP contribution is 2.22. The number of hydrogen-bond donors (Lipinski definition) is 2. The highest BCUT2D eigenvalue weighted by Gasteiger charge is 2.28. The molecule has 1 aromatic rings. The van der Waals surface area contributed by atoms with Crippen LogP contribution in [0.25, 0.3) is 0 Å². The van der Waals surface area contributed by atoms with E-state index in [2.05, 4.69) is 17.9 Å². The second-order valence-corrected chi connectivity index (χ2v) is 4.76. The van der Waals surface area contributed by atoms with E-state index >= 15 is 0 Å². The van der Waals surface area contributed by atoms with Gasteiger partial charge >= 0.3 is 0 Å². The first-order chi connectivity index (χ1) is 8.61. The number of carbonyl (C=O) groups excluding carboxylic acids is 2. The Hall–Kier alpha value is -1.49. The molecule has 1 aromatic carbocycles. The van der Waals surface area contributed by atoms with Crippen LogP contribution in [-0.2, 0) is 22.7 Å². The number of carbonyl (C=O) groups is 2. The Balaban J connectivity index is 2.06. The zero-order valence-electron chi connectivity index (χ0n) is 10.2. The maximum absolute atomic E-state index is 12.2. The van der Waals surface area contributed by atoms with Crippen LogP contribution in [0.1, 0.15) is 18.1 Å². The molecule has 2 rings (SSSR count). The fraction of sp³-hybridized carbons (Fsp3) is 0.385. The Morgan fingerprint density at radius 3 is 2.33 bits per heavy atom. The van der Waals surface area contributed by atoms with E-state index in [9.17, 15) is 9.59 Å².